The summed E-state index contributed by atoms with van der Waals surface area (Å²) >= 11 is 0. The van der Waals surface area contributed by atoms with E-state index in [9.17, 15) is 19.7 Å². The molecule has 1 atom stereocenters. The number of hydrogen-bond acceptors (Lipinski definition) is 8. The number of carboxylic acid groups (broad SMARTS) is 1. The van der Waals surface area contributed by atoms with E-state index in [0.717, 1.165) is 60.4 Å². The Bertz CT molecular complexity index is 1400. The van der Waals surface area contributed by atoms with E-state index in [4.69, 9.17) is 0 Å². The SMILES string of the molecule is CCc1ccc2c(c1C(=O)O)B(O)C(NC)C2.O=Cc1ccc(CN(CC2=CCCC=N2)Cc2ccccn2)nc1. The molecule has 0 aliphatic carbocycles. The lowest BCUT2D eigenvalue weighted by Gasteiger charge is -2.22. The van der Waals surface area contributed by atoms with E-state index in [2.05, 4.69) is 31.3 Å². The molecule has 9 nitrogen and oxygen atoms in total. The zero-order chi connectivity index (χ0) is 29.2. The number of hydrogen-bond donors (Lipinski definition) is 3. The molecule has 3 aromatic rings. The number of carbonyl (C=O) groups excluding carboxylic acids is 1. The van der Waals surface area contributed by atoms with Gasteiger partial charge in [-0.2, -0.15) is 0 Å². The summed E-state index contributed by atoms with van der Waals surface area (Å²) in [7, 11) is 1.78. The third kappa shape index (κ3) is 7.82. The maximum atomic E-state index is 11.3. The molecular formula is C31H36BN5O4. The lowest BCUT2D eigenvalue weighted by atomic mass is 9.57. The second-order valence-electron chi connectivity index (χ2n) is 10.1. The van der Waals surface area contributed by atoms with Crippen molar-refractivity contribution in [3.63, 3.8) is 0 Å². The first-order chi connectivity index (χ1) is 19.9. The number of aromatic nitrogens is 2. The number of aldehydes is 1. The Morgan fingerprint density at radius 2 is 1.90 bits per heavy atom. The molecule has 0 amide bonds. The number of rotatable bonds is 10. The molecule has 1 aromatic carbocycles. The van der Waals surface area contributed by atoms with E-state index in [-0.39, 0.29) is 11.5 Å². The summed E-state index contributed by atoms with van der Waals surface area (Å²) in [4.78, 5) is 37.6. The molecular weight excluding hydrogens is 517 g/mol. The average molecular weight is 553 g/mol. The van der Waals surface area contributed by atoms with Gasteiger partial charge in [-0.25, -0.2) is 4.79 Å². The van der Waals surface area contributed by atoms with Crippen molar-refractivity contribution < 1.29 is 19.7 Å². The number of allylic oxidation sites excluding steroid dienone is 1. The van der Waals surface area contributed by atoms with Crippen molar-refractivity contribution >= 4 is 30.8 Å². The van der Waals surface area contributed by atoms with E-state index in [1.54, 1.807) is 19.3 Å². The monoisotopic (exact) mass is 553 g/mol. The first kappa shape index (κ1) is 30.0. The summed E-state index contributed by atoms with van der Waals surface area (Å²) in [6.07, 6.45) is 11.8. The fourth-order valence-electron chi connectivity index (χ4n) is 5.19. The zero-order valence-corrected chi connectivity index (χ0v) is 23.5. The van der Waals surface area contributed by atoms with Crippen LogP contribution >= 0.6 is 0 Å². The molecule has 0 saturated carbocycles. The van der Waals surface area contributed by atoms with Gasteiger partial charge in [-0.15, -0.1) is 0 Å². The lowest BCUT2D eigenvalue weighted by molar-refractivity contribution is 0.0696. The van der Waals surface area contributed by atoms with Crippen molar-refractivity contribution in [3.05, 3.63) is 100 Å². The molecule has 0 spiro atoms. The normalized spacial score (nSPS) is 15.7. The predicted octanol–water partition coefficient (Wildman–Crippen LogP) is 2.86. The highest BCUT2D eigenvalue weighted by atomic mass is 16.4. The topological polar surface area (TPSA) is 128 Å². The Kier molecular flexibility index (Phi) is 10.7. The molecule has 41 heavy (non-hydrogen) atoms. The molecule has 0 fully saturated rings. The van der Waals surface area contributed by atoms with Crippen molar-refractivity contribution in [1.29, 1.82) is 0 Å². The molecule has 10 heteroatoms. The standard InChI is InChI=1S/C19H20N4O.C12H16BNO3/c24-15-16-7-8-19(22-11-16)14-23(12-17-5-1-3-9-20-17)13-18-6-2-4-10-21-18;1-3-7-4-5-8-6-9(14-2)13(17)11(8)10(7)12(15)16/h1,3,5-11,15H,2,4,12-14H2;4-5,9,14,17H,3,6H2,1-2H3,(H,15,16). The van der Waals surface area contributed by atoms with Crippen LogP contribution in [-0.4, -0.2) is 69.9 Å². The molecule has 5 rings (SSSR count). The van der Waals surface area contributed by atoms with Gasteiger partial charge in [0.1, 0.15) is 0 Å². The van der Waals surface area contributed by atoms with Gasteiger partial charge in [0.05, 0.1) is 22.6 Å². The van der Waals surface area contributed by atoms with Gasteiger partial charge >= 0.3 is 12.9 Å². The fourth-order valence-corrected chi connectivity index (χ4v) is 5.19. The molecule has 2 aliphatic rings. The van der Waals surface area contributed by atoms with Crippen molar-refractivity contribution in [3.8, 4) is 0 Å². The number of pyridine rings is 2. The third-order valence-electron chi connectivity index (χ3n) is 7.30. The number of carbonyl (C=O) groups is 2. The highest BCUT2D eigenvalue weighted by Crippen LogP contribution is 2.19. The van der Waals surface area contributed by atoms with Crippen molar-refractivity contribution in [2.24, 2.45) is 4.99 Å². The fraction of sp³-hybridized carbons (Fsp3) is 0.323. The number of likely N-dealkylation sites (N-methyl/N-ethyl adjacent to an activating group) is 1. The highest BCUT2D eigenvalue weighted by Gasteiger charge is 2.38. The number of nitrogens with one attached hydrogen (secondary N) is 1. The van der Waals surface area contributed by atoms with E-state index in [1.165, 1.54) is 0 Å². The van der Waals surface area contributed by atoms with Crippen LogP contribution in [0, 0.1) is 0 Å². The number of aliphatic imine (C=N–C) groups is 1. The van der Waals surface area contributed by atoms with Gasteiger partial charge in [0.25, 0.3) is 0 Å². The maximum Gasteiger partial charge on any atom is 0.343 e. The van der Waals surface area contributed by atoms with Crippen molar-refractivity contribution in [2.75, 3.05) is 13.6 Å². The van der Waals surface area contributed by atoms with Crippen LogP contribution in [0.3, 0.4) is 0 Å². The van der Waals surface area contributed by atoms with Crippen molar-refractivity contribution in [1.82, 2.24) is 20.2 Å². The Morgan fingerprint density at radius 3 is 2.49 bits per heavy atom. The zero-order valence-electron chi connectivity index (χ0n) is 23.5. The predicted molar refractivity (Wildman–Crippen MR) is 161 cm³/mol. The molecule has 2 aromatic heterocycles. The maximum absolute atomic E-state index is 11.3. The summed E-state index contributed by atoms with van der Waals surface area (Å²) in [6.45, 7) is 3.36. The summed E-state index contributed by atoms with van der Waals surface area (Å²) in [6, 6.07) is 13.4. The first-order valence-electron chi connectivity index (χ1n) is 13.9. The molecule has 3 N–H and O–H groups in total. The van der Waals surface area contributed by atoms with Crippen LogP contribution in [0.5, 0.6) is 0 Å². The summed E-state index contributed by atoms with van der Waals surface area (Å²) < 4.78 is 0. The van der Waals surface area contributed by atoms with Crippen LogP contribution < -0.4 is 10.8 Å². The quantitative estimate of drug-likeness (QED) is 0.258. The van der Waals surface area contributed by atoms with Crippen LogP contribution in [0.4, 0.5) is 0 Å². The van der Waals surface area contributed by atoms with Gasteiger partial charge in [0, 0.05) is 49.7 Å². The second kappa shape index (κ2) is 14.6. The minimum Gasteiger partial charge on any atom is -0.478 e. The largest absolute Gasteiger partial charge is 0.478 e. The van der Waals surface area contributed by atoms with E-state index >= 15 is 0 Å². The molecule has 4 heterocycles. The Morgan fingerprint density at radius 1 is 1.10 bits per heavy atom. The number of fused-ring (bicyclic) bond motifs is 1. The molecule has 1 unspecified atom stereocenters. The molecule has 0 saturated heterocycles. The van der Waals surface area contributed by atoms with Gasteiger partial charge in [-0.1, -0.05) is 31.2 Å². The van der Waals surface area contributed by atoms with Crippen molar-refractivity contribution in [2.45, 2.75) is 51.6 Å². The van der Waals surface area contributed by atoms with Gasteiger partial charge in [-0.3, -0.25) is 24.7 Å². The molecule has 2 aliphatic heterocycles. The molecule has 0 bridgehead atoms. The van der Waals surface area contributed by atoms with Gasteiger partial charge in [0.15, 0.2) is 6.29 Å². The number of aryl methyl sites for hydroxylation is 1. The molecule has 0 radical (unpaired) electrons. The average Bonchev–Trinajstić information content (AvgIpc) is 3.33. The summed E-state index contributed by atoms with van der Waals surface area (Å²) in [5.74, 6) is -1.04. The smallest absolute Gasteiger partial charge is 0.343 e. The summed E-state index contributed by atoms with van der Waals surface area (Å²) in [5, 5.41) is 22.5. The Labute approximate surface area is 241 Å². The Hall–Kier alpha value is -3.99. The third-order valence-corrected chi connectivity index (χ3v) is 7.30. The molecule has 212 valence electrons. The number of aromatic carboxylic acids is 1. The van der Waals surface area contributed by atoms with Crippen LogP contribution in [0.25, 0.3) is 0 Å². The number of benzene rings is 1. The summed E-state index contributed by atoms with van der Waals surface area (Å²) in [5.41, 5.74) is 6.22. The van der Waals surface area contributed by atoms with E-state index < -0.39 is 12.9 Å². The van der Waals surface area contributed by atoms with Crippen LogP contribution in [0.15, 0.2) is 71.6 Å². The van der Waals surface area contributed by atoms with E-state index in [0.29, 0.717) is 30.4 Å². The highest BCUT2D eigenvalue weighted by molar-refractivity contribution is 6.71. The second-order valence-corrected chi connectivity index (χ2v) is 10.1. The van der Waals surface area contributed by atoms with Crippen LogP contribution in [0.1, 0.15) is 63.0 Å². The Balaban J connectivity index is 0.000000201. The van der Waals surface area contributed by atoms with E-state index in [1.807, 2.05) is 55.7 Å². The first-order valence-corrected chi connectivity index (χ1v) is 13.9. The number of carboxylic acids is 1. The van der Waals surface area contributed by atoms with Crippen LogP contribution in [0.2, 0.25) is 0 Å². The minimum atomic E-state index is -0.950. The van der Waals surface area contributed by atoms with Gasteiger partial charge in [0.2, 0.25) is 0 Å². The van der Waals surface area contributed by atoms with Gasteiger partial charge in [-0.05, 0) is 73.6 Å². The van der Waals surface area contributed by atoms with Crippen LogP contribution in [-0.2, 0) is 25.9 Å². The van der Waals surface area contributed by atoms with Gasteiger partial charge < -0.3 is 15.4 Å². The number of nitrogens with zero attached hydrogens (tertiary/aromatic N) is 4. The lowest BCUT2D eigenvalue weighted by Crippen LogP contribution is -2.46. The minimum absolute atomic E-state index is 0.0878.